The molecule has 0 unspecified atom stereocenters. The zero-order valence-electron chi connectivity index (χ0n) is 22.0. The first-order chi connectivity index (χ1) is 19.4. The molecule has 2 aliphatic rings. The summed E-state index contributed by atoms with van der Waals surface area (Å²) >= 11 is 1.46. The van der Waals surface area contributed by atoms with E-state index >= 15 is 0 Å². The van der Waals surface area contributed by atoms with Gasteiger partial charge >= 0.3 is 0 Å². The lowest BCUT2D eigenvalue weighted by molar-refractivity contribution is -0.140. The lowest BCUT2D eigenvalue weighted by Gasteiger charge is -2.36. The highest BCUT2D eigenvalue weighted by molar-refractivity contribution is 7.09. The first-order valence-corrected chi connectivity index (χ1v) is 14.3. The Hall–Kier alpha value is -3.34. The Kier molecular flexibility index (Phi) is 8.78. The van der Waals surface area contributed by atoms with E-state index in [1.54, 1.807) is 12.1 Å². The maximum atomic E-state index is 13.5. The fourth-order valence-electron chi connectivity index (χ4n) is 6.01. The lowest BCUT2D eigenvalue weighted by Crippen LogP contribution is -2.39. The summed E-state index contributed by atoms with van der Waals surface area (Å²) in [5.41, 5.74) is 2.80. The Morgan fingerprint density at radius 2 is 1.82 bits per heavy atom. The van der Waals surface area contributed by atoms with Crippen LogP contribution in [0.3, 0.4) is 0 Å². The van der Waals surface area contributed by atoms with Gasteiger partial charge in [0.25, 0.3) is 0 Å². The number of benzene rings is 1. The predicted octanol–water partition coefficient (Wildman–Crippen LogP) is 3.62. The minimum atomic E-state index is -1.04. The maximum absolute atomic E-state index is 13.5. The number of nitrogens with zero attached hydrogens (tertiary/aromatic N) is 1. The number of hydrogen-bond acceptors (Lipinski definition) is 8. The molecule has 0 bridgehead atoms. The molecule has 4 atom stereocenters. The molecular weight excluding hydrogens is 530 g/mol. The summed E-state index contributed by atoms with van der Waals surface area (Å²) in [6, 6.07) is 16.9. The molecule has 3 aromatic rings. The number of likely N-dealkylation sites (tertiary alicyclic amines) is 1. The fraction of sp³-hybridized carbons (Fsp3) is 0.355. The molecule has 40 heavy (non-hydrogen) atoms. The van der Waals surface area contributed by atoms with Crippen molar-refractivity contribution in [2.45, 2.75) is 38.5 Å². The molecule has 2 aromatic heterocycles. The van der Waals surface area contributed by atoms with Gasteiger partial charge in [0.05, 0.1) is 37.7 Å². The number of amides is 2. The Balaban J connectivity index is 1.39. The summed E-state index contributed by atoms with van der Waals surface area (Å²) in [4.78, 5) is 28.9. The van der Waals surface area contributed by atoms with Crippen LogP contribution in [-0.4, -0.2) is 56.5 Å². The average molecular weight is 564 g/mol. The van der Waals surface area contributed by atoms with Gasteiger partial charge in [-0.1, -0.05) is 36.4 Å². The molecule has 1 aliphatic carbocycles. The molecule has 1 fully saturated rings. The third kappa shape index (κ3) is 5.61. The van der Waals surface area contributed by atoms with Crippen molar-refractivity contribution in [2.75, 3.05) is 13.2 Å². The van der Waals surface area contributed by atoms with Gasteiger partial charge in [0.15, 0.2) is 0 Å². The smallest absolute Gasteiger partial charge is 0.234 e. The molecule has 4 N–H and O–H groups in total. The van der Waals surface area contributed by atoms with Crippen molar-refractivity contribution in [3.05, 3.63) is 93.1 Å². The number of imide groups is 1. The standard InChI is InChI=1S/C31H33NO7S/c33-16-21-14-25-29(31(38)32(30(25)37)15-24-7-4-12-40-24)26(18-35)28(21)27(36)11-8-20(19-5-2-1-3-6-19)13-22-9-10-23(17-34)39-22/h1-7,9-10,12-13,25-27,29,33-36H,8,11,14-18H2/b20-13-/t25-,26+,27-,29-/m1/s1. The number of aliphatic hydroxyl groups excluding tert-OH is 4. The van der Waals surface area contributed by atoms with Gasteiger partial charge in [0, 0.05) is 10.8 Å². The normalized spacial score (nSPS) is 22.2. The Labute approximate surface area is 236 Å². The van der Waals surface area contributed by atoms with Crippen molar-refractivity contribution in [1.82, 2.24) is 4.90 Å². The van der Waals surface area contributed by atoms with Crippen molar-refractivity contribution in [3.8, 4) is 0 Å². The second kappa shape index (κ2) is 12.4. The molecule has 5 rings (SSSR count). The molecule has 0 saturated carbocycles. The highest BCUT2D eigenvalue weighted by Gasteiger charge is 2.54. The van der Waals surface area contributed by atoms with Crippen molar-refractivity contribution in [2.24, 2.45) is 17.8 Å². The van der Waals surface area contributed by atoms with Gasteiger partial charge in [0.1, 0.15) is 18.1 Å². The van der Waals surface area contributed by atoms with Crippen LogP contribution in [-0.2, 0) is 22.7 Å². The van der Waals surface area contributed by atoms with E-state index in [1.165, 1.54) is 16.2 Å². The largest absolute Gasteiger partial charge is 0.459 e. The number of aliphatic hydroxyl groups is 4. The summed E-state index contributed by atoms with van der Waals surface area (Å²) in [6.07, 6.45) is 1.71. The van der Waals surface area contributed by atoms with E-state index in [0.717, 1.165) is 16.0 Å². The summed E-state index contributed by atoms with van der Waals surface area (Å²) < 4.78 is 5.66. The van der Waals surface area contributed by atoms with E-state index in [4.69, 9.17) is 4.42 Å². The highest BCUT2D eigenvalue weighted by atomic mass is 32.1. The van der Waals surface area contributed by atoms with Crippen LogP contribution in [0.2, 0.25) is 0 Å². The third-order valence-electron chi connectivity index (χ3n) is 7.90. The van der Waals surface area contributed by atoms with Crippen LogP contribution < -0.4 is 0 Å². The molecule has 2 amide bonds. The summed E-state index contributed by atoms with van der Waals surface area (Å²) in [5, 5.41) is 43.4. The quantitative estimate of drug-likeness (QED) is 0.207. The maximum Gasteiger partial charge on any atom is 0.234 e. The molecule has 9 heteroatoms. The van der Waals surface area contributed by atoms with E-state index in [1.807, 2.05) is 53.9 Å². The molecule has 0 radical (unpaired) electrons. The number of rotatable bonds is 11. The molecule has 0 spiro atoms. The molecule has 1 saturated heterocycles. The lowest BCUT2D eigenvalue weighted by atomic mass is 9.68. The van der Waals surface area contributed by atoms with Gasteiger partial charge in [-0.15, -0.1) is 11.3 Å². The van der Waals surface area contributed by atoms with Crippen molar-refractivity contribution in [3.63, 3.8) is 0 Å². The van der Waals surface area contributed by atoms with E-state index in [-0.39, 0.29) is 44.4 Å². The van der Waals surface area contributed by atoms with Crippen LogP contribution in [0.1, 0.15) is 41.2 Å². The minimum absolute atomic E-state index is 0.174. The number of hydrogen-bond donors (Lipinski definition) is 4. The van der Waals surface area contributed by atoms with Gasteiger partial charge in [-0.3, -0.25) is 14.5 Å². The van der Waals surface area contributed by atoms with E-state index in [2.05, 4.69) is 0 Å². The van der Waals surface area contributed by atoms with Crippen molar-refractivity contribution >= 4 is 34.8 Å². The van der Waals surface area contributed by atoms with E-state index < -0.39 is 30.5 Å². The second-order valence-electron chi connectivity index (χ2n) is 10.2. The summed E-state index contributed by atoms with van der Waals surface area (Å²) in [5.74, 6) is -1.82. The number of thiophene rings is 1. The molecule has 210 valence electrons. The number of furan rings is 1. The number of fused-ring (bicyclic) bond motifs is 1. The summed E-state index contributed by atoms with van der Waals surface area (Å²) in [6.45, 7) is -0.804. The minimum Gasteiger partial charge on any atom is -0.459 e. The van der Waals surface area contributed by atoms with Gasteiger partial charge in [-0.25, -0.2) is 0 Å². The Morgan fingerprint density at radius 3 is 2.48 bits per heavy atom. The topological polar surface area (TPSA) is 131 Å². The summed E-state index contributed by atoms with van der Waals surface area (Å²) in [7, 11) is 0. The fourth-order valence-corrected chi connectivity index (χ4v) is 6.71. The third-order valence-corrected chi connectivity index (χ3v) is 8.76. The van der Waals surface area contributed by atoms with Crippen molar-refractivity contribution in [1.29, 1.82) is 0 Å². The predicted molar refractivity (Wildman–Crippen MR) is 150 cm³/mol. The zero-order valence-corrected chi connectivity index (χ0v) is 22.8. The zero-order chi connectivity index (χ0) is 28.2. The van der Waals surface area contributed by atoms with Crippen molar-refractivity contribution < 1.29 is 34.4 Å². The van der Waals surface area contributed by atoms with Gasteiger partial charge < -0.3 is 24.8 Å². The second-order valence-corrected chi connectivity index (χ2v) is 11.3. The number of allylic oxidation sites excluding steroid dienone is 1. The van der Waals surface area contributed by atoms with Crippen LogP contribution in [0, 0.1) is 17.8 Å². The van der Waals surface area contributed by atoms with Gasteiger partial charge in [-0.2, -0.15) is 0 Å². The van der Waals surface area contributed by atoms with Crippen LogP contribution in [0.15, 0.2) is 75.5 Å². The highest BCUT2D eigenvalue weighted by Crippen LogP contribution is 2.46. The van der Waals surface area contributed by atoms with Gasteiger partial charge in [0.2, 0.25) is 11.8 Å². The molecule has 8 nitrogen and oxygen atoms in total. The average Bonchev–Trinajstić information content (AvgIpc) is 3.72. The van der Waals surface area contributed by atoms with Crippen LogP contribution >= 0.6 is 11.3 Å². The molecule has 1 aromatic carbocycles. The number of carbonyl (C=O) groups is 2. The monoisotopic (exact) mass is 563 g/mol. The first-order valence-electron chi connectivity index (χ1n) is 13.4. The molecule has 3 heterocycles. The van der Waals surface area contributed by atoms with E-state index in [0.29, 0.717) is 29.1 Å². The molecular formula is C31H33NO7S. The SMILES string of the molecule is O=C1[C@@H]2[C@@H](CC(CO)=C([C@H](O)CC/C(=C/c3ccc(CO)o3)c3ccccc3)[C@@H]2CO)C(=O)N1Cc1cccs1. The van der Waals surface area contributed by atoms with Crippen LogP contribution in [0.5, 0.6) is 0 Å². The van der Waals surface area contributed by atoms with Crippen LogP contribution in [0.25, 0.3) is 11.6 Å². The Bertz CT molecular complexity index is 1390. The van der Waals surface area contributed by atoms with E-state index in [9.17, 15) is 30.0 Å². The van der Waals surface area contributed by atoms with Crippen LogP contribution in [0.4, 0.5) is 0 Å². The molecule has 1 aliphatic heterocycles. The van der Waals surface area contributed by atoms with Gasteiger partial charge in [-0.05, 0) is 71.2 Å². The Morgan fingerprint density at radius 1 is 1.02 bits per heavy atom. The first kappa shape index (κ1) is 28.2. The number of carbonyl (C=O) groups excluding carboxylic acids is 2.